The van der Waals surface area contributed by atoms with Gasteiger partial charge >= 0.3 is 0 Å². The fourth-order valence-corrected chi connectivity index (χ4v) is 3.44. The first-order chi connectivity index (χ1) is 9.79. The molecule has 104 valence electrons. The van der Waals surface area contributed by atoms with E-state index in [1.165, 1.54) is 30.5 Å². The zero-order chi connectivity index (χ0) is 13.5. The Balaban J connectivity index is 1.52. The highest BCUT2D eigenvalue weighted by Crippen LogP contribution is 2.38. The van der Waals surface area contributed by atoms with Crippen LogP contribution < -0.4 is 5.32 Å². The maximum Gasteiger partial charge on any atom is 0.249 e. The molecule has 0 saturated heterocycles. The van der Waals surface area contributed by atoms with Crippen molar-refractivity contribution >= 4 is 5.69 Å². The Morgan fingerprint density at radius 1 is 1.25 bits per heavy atom. The Bertz CT molecular complexity index is 597. The van der Waals surface area contributed by atoms with Crippen molar-refractivity contribution in [2.45, 2.75) is 44.6 Å². The maximum atomic E-state index is 5.50. The van der Waals surface area contributed by atoms with Crippen molar-refractivity contribution in [2.75, 3.05) is 5.32 Å². The van der Waals surface area contributed by atoms with Gasteiger partial charge in [0.2, 0.25) is 5.89 Å². The molecule has 1 saturated carbocycles. The molecule has 0 amide bonds. The minimum absolute atomic E-state index is 0.132. The summed E-state index contributed by atoms with van der Waals surface area (Å²) in [5.41, 5.74) is 2.51. The van der Waals surface area contributed by atoms with Gasteiger partial charge in [0.15, 0.2) is 5.82 Å². The highest BCUT2D eigenvalue weighted by atomic mass is 16.5. The monoisotopic (exact) mass is 269 g/mol. The lowest BCUT2D eigenvalue weighted by Crippen LogP contribution is -2.06. The largest absolute Gasteiger partial charge is 0.373 e. The summed E-state index contributed by atoms with van der Waals surface area (Å²) in [5.74, 6) is 2.92. The number of nitrogens with zero attached hydrogens (tertiary/aromatic N) is 2. The van der Waals surface area contributed by atoms with Crippen LogP contribution in [0.25, 0.3) is 0 Å². The van der Waals surface area contributed by atoms with Crippen LogP contribution in [0.3, 0.4) is 0 Å². The summed E-state index contributed by atoms with van der Waals surface area (Å²) in [5, 5.41) is 7.68. The molecule has 1 aromatic heterocycles. The van der Waals surface area contributed by atoms with Crippen LogP contribution in [0, 0.1) is 5.92 Å². The third-order valence-electron chi connectivity index (χ3n) is 4.59. The van der Waals surface area contributed by atoms with Crippen LogP contribution in [0.2, 0.25) is 0 Å². The van der Waals surface area contributed by atoms with E-state index in [9.17, 15) is 0 Å². The summed E-state index contributed by atoms with van der Waals surface area (Å²) in [7, 11) is 0. The van der Waals surface area contributed by atoms with Gasteiger partial charge in [0.25, 0.3) is 0 Å². The summed E-state index contributed by atoms with van der Waals surface area (Å²) in [4.78, 5) is 4.65. The van der Waals surface area contributed by atoms with Gasteiger partial charge in [-0.05, 0) is 36.8 Å². The van der Waals surface area contributed by atoms with Crippen LogP contribution >= 0.6 is 0 Å². The van der Waals surface area contributed by atoms with Gasteiger partial charge in [-0.3, -0.25) is 0 Å². The second-order valence-electron chi connectivity index (χ2n) is 6.16. The standard InChI is InChI=1S/C16H19N3O/c1-10-6-7-12(8-10)15-18-16(20-19-15)14-9-11-4-2-3-5-13(11)17-14/h2-5,10,12,14,17H,6-9H2,1H3/t10?,12?,14-/m0/s1. The predicted octanol–water partition coefficient (Wildman–Crippen LogP) is 3.68. The van der Waals surface area contributed by atoms with Crippen molar-refractivity contribution in [3.63, 3.8) is 0 Å². The Morgan fingerprint density at radius 3 is 2.95 bits per heavy atom. The number of hydrogen-bond donors (Lipinski definition) is 1. The molecule has 0 radical (unpaired) electrons. The number of hydrogen-bond acceptors (Lipinski definition) is 4. The molecule has 1 aromatic carbocycles. The number of fused-ring (bicyclic) bond motifs is 1. The normalized spacial score (nSPS) is 28.4. The summed E-state index contributed by atoms with van der Waals surface area (Å²) in [6, 6.07) is 8.51. The molecule has 2 aliphatic rings. The molecule has 3 atom stereocenters. The Morgan fingerprint density at radius 2 is 2.15 bits per heavy atom. The van der Waals surface area contributed by atoms with Gasteiger partial charge in [0.1, 0.15) is 6.04 Å². The Hall–Kier alpha value is -1.84. The summed E-state index contributed by atoms with van der Waals surface area (Å²) < 4.78 is 5.50. The lowest BCUT2D eigenvalue weighted by molar-refractivity contribution is 0.356. The summed E-state index contributed by atoms with van der Waals surface area (Å²) >= 11 is 0. The lowest BCUT2D eigenvalue weighted by Gasteiger charge is -2.05. The molecule has 4 rings (SSSR count). The molecule has 1 N–H and O–H groups in total. The summed E-state index contributed by atoms with van der Waals surface area (Å²) in [6.07, 6.45) is 4.59. The highest BCUT2D eigenvalue weighted by Gasteiger charge is 2.30. The SMILES string of the molecule is CC1CCC(c2noc([C@@H]3Cc4ccccc4N3)n2)C1. The Labute approximate surface area is 118 Å². The van der Waals surface area contributed by atoms with Crippen LogP contribution in [0.4, 0.5) is 5.69 Å². The van der Waals surface area contributed by atoms with Crippen LogP contribution in [-0.4, -0.2) is 10.1 Å². The van der Waals surface area contributed by atoms with E-state index in [1.54, 1.807) is 0 Å². The third kappa shape index (κ3) is 1.99. The fraction of sp³-hybridized carbons (Fsp3) is 0.500. The number of nitrogens with one attached hydrogen (secondary N) is 1. The van der Waals surface area contributed by atoms with E-state index in [4.69, 9.17) is 4.52 Å². The van der Waals surface area contributed by atoms with E-state index >= 15 is 0 Å². The molecule has 0 bridgehead atoms. The molecule has 1 aliphatic carbocycles. The first-order valence-corrected chi connectivity index (χ1v) is 7.47. The van der Waals surface area contributed by atoms with Crippen LogP contribution in [0.1, 0.15) is 55.4 Å². The van der Waals surface area contributed by atoms with Gasteiger partial charge < -0.3 is 9.84 Å². The van der Waals surface area contributed by atoms with Crippen molar-refractivity contribution in [3.05, 3.63) is 41.5 Å². The van der Waals surface area contributed by atoms with Gasteiger partial charge in [0, 0.05) is 18.0 Å². The molecule has 1 aliphatic heterocycles. The number of anilines is 1. The van der Waals surface area contributed by atoms with E-state index in [1.807, 2.05) is 6.07 Å². The van der Waals surface area contributed by atoms with E-state index in [0.29, 0.717) is 5.92 Å². The molecule has 2 heterocycles. The van der Waals surface area contributed by atoms with Gasteiger partial charge in [0.05, 0.1) is 0 Å². The quantitative estimate of drug-likeness (QED) is 0.903. The molecular weight excluding hydrogens is 250 g/mol. The zero-order valence-corrected chi connectivity index (χ0v) is 11.7. The fourth-order valence-electron chi connectivity index (χ4n) is 3.44. The number of aromatic nitrogens is 2. The van der Waals surface area contributed by atoms with Crippen molar-refractivity contribution in [3.8, 4) is 0 Å². The first kappa shape index (κ1) is 11.9. The van der Waals surface area contributed by atoms with E-state index in [0.717, 1.165) is 24.1 Å². The average Bonchev–Trinajstić information content (AvgIpc) is 3.16. The lowest BCUT2D eigenvalue weighted by atomic mass is 10.1. The van der Waals surface area contributed by atoms with Crippen LogP contribution in [0.5, 0.6) is 0 Å². The van der Waals surface area contributed by atoms with Crippen molar-refractivity contribution < 1.29 is 4.52 Å². The molecule has 1 fully saturated rings. The second kappa shape index (κ2) is 4.62. The van der Waals surface area contributed by atoms with E-state index in [2.05, 4.69) is 40.6 Å². The molecule has 0 spiro atoms. The van der Waals surface area contributed by atoms with Crippen LogP contribution in [-0.2, 0) is 6.42 Å². The van der Waals surface area contributed by atoms with Gasteiger partial charge in [-0.1, -0.05) is 30.3 Å². The molecule has 2 unspecified atom stereocenters. The van der Waals surface area contributed by atoms with Gasteiger partial charge in [-0.25, -0.2) is 0 Å². The molecule has 2 aromatic rings. The second-order valence-corrected chi connectivity index (χ2v) is 6.16. The van der Waals surface area contributed by atoms with Crippen molar-refractivity contribution in [1.29, 1.82) is 0 Å². The highest BCUT2D eigenvalue weighted by molar-refractivity contribution is 5.56. The number of rotatable bonds is 2. The van der Waals surface area contributed by atoms with E-state index in [-0.39, 0.29) is 6.04 Å². The van der Waals surface area contributed by atoms with Crippen LogP contribution in [0.15, 0.2) is 28.8 Å². The summed E-state index contributed by atoms with van der Waals surface area (Å²) in [6.45, 7) is 2.30. The van der Waals surface area contributed by atoms with Crippen molar-refractivity contribution in [1.82, 2.24) is 10.1 Å². The predicted molar refractivity (Wildman–Crippen MR) is 76.6 cm³/mol. The van der Waals surface area contributed by atoms with Gasteiger partial charge in [-0.15, -0.1) is 0 Å². The van der Waals surface area contributed by atoms with Gasteiger partial charge in [-0.2, -0.15) is 4.98 Å². The number of para-hydroxylation sites is 1. The average molecular weight is 269 g/mol. The number of benzene rings is 1. The van der Waals surface area contributed by atoms with E-state index < -0.39 is 0 Å². The molecule has 20 heavy (non-hydrogen) atoms. The third-order valence-corrected chi connectivity index (χ3v) is 4.59. The first-order valence-electron chi connectivity index (χ1n) is 7.47. The smallest absolute Gasteiger partial charge is 0.249 e. The Kier molecular flexibility index (Phi) is 2.76. The van der Waals surface area contributed by atoms with Crippen molar-refractivity contribution in [2.24, 2.45) is 5.92 Å². The molecular formula is C16H19N3O. The minimum atomic E-state index is 0.132. The molecule has 4 nitrogen and oxygen atoms in total. The maximum absolute atomic E-state index is 5.50. The zero-order valence-electron chi connectivity index (χ0n) is 11.7. The molecule has 4 heteroatoms. The topological polar surface area (TPSA) is 51.0 Å². The minimum Gasteiger partial charge on any atom is -0.373 e.